The topological polar surface area (TPSA) is 20.2 Å². The Balaban J connectivity index is -0.0000000575. The van der Waals surface area contributed by atoms with E-state index in [-0.39, 0.29) is 7.43 Å². The summed E-state index contributed by atoms with van der Waals surface area (Å²) in [6.07, 6.45) is 2.62. The van der Waals surface area contributed by atoms with E-state index >= 15 is 0 Å². The number of allylic oxidation sites excluding steroid dienone is 1. The van der Waals surface area contributed by atoms with Gasteiger partial charge in [0, 0.05) is 6.61 Å². The molecule has 0 fully saturated rings. The average Bonchev–Trinajstić information content (AvgIpc) is 1.69. The van der Waals surface area contributed by atoms with Crippen molar-refractivity contribution >= 4 is 0 Å². The van der Waals surface area contributed by atoms with Crippen LogP contribution in [0.3, 0.4) is 0 Å². The van der Waals surface area contributed by atoms with Crippen LogP contribution < -0.4 is 0 Å². The minimum absolute atomic E-state index is 0. The molecule has 0 aromatic heterocycles. The van der Waals surface area contributed by atoms with Gasteiger partial charge in [-0.25, -0.2) is 0 Å². The highest BCUT2D eigenvalue weighted by molar-refractivity contribution is 4.51. The van der Waals surface area contributed by atoms with Crippen LogP contribution in [0.25, 0.3) is 0 Å². The van der Waals surface area contributed by atoms with Crippen molar-refractivity contribution in [3.63, 3.8) is 0 Å². The maximum Gasteiger partial charge on any atom is 0.0428 e. The van der Waals surface area contributed by atoms with E-state index in [1.54, 1.807) is 6.08 Å². The molecule has 0 atom stereocenters. The van der Waals surface area contributed by atoms with Crippen LogP contribution in [0.15, 0.2) is 12.7 Å². The molecular formula is C7H18O. The van der Waals surface area contributed by atoms with Crippen LogP contribution in [-0.4, -0.2) is 11.7 Å². The minimum Gasteiger partial charge on any atom is -0.396 e. The number of aliphatic hydroxyl groups is 1. The summed E-state index contributed by atoms with van der Waals surface area (Å²) in [5, 5.41) is 7.88. The predicted octanol–water partition coefficient (Wildman–Crippen LogP) is 2.22. The van der Waals surface area contributed by atoms with E-state index in [1.807, 2.05) is 13.8 Å². The summed E-state index contributed by atoms with van der Waals surface area (Å²) in [6, 6.07) is 0. The molecule has 8 heavy (non-hydrogen) atoms. The quantitative estimate of drug-likeness (QED) is 0.523. The summed E-state index contributed by atoms with van der Waals surface area (Å²) in [4.78, 5) is 0. The Kier molecular flexibility index (Phi) is 58.4. The van der Waals surface area contributed by atoms with E-state index < -0.39 is 0 Å². The highest BCUT2D eigenvalue weighted by Crippen LogP contribution is 1.61. The normalized spacial score (nSPS) is 5.38. The van der Waals surface area contributed by atoms with Gasteiger partial charge in [-0.2, -0.15) is 0 Å². The lowest BCUT2D eigenvalue weighted by molar-refractivity contribution is 0.295. The summed E-state index contributed by atoms with van der Waals surface area (Å²) >= 11 is 0. The number of hydrogen-bond donors (Lipinski definition) is 1. The minimum atomic E-state index is 0. The van der Waals surface area contributed by atoms with Crippen LogP contribution in [0.1, 0.15) is 27.7 Å². The van der Waals surface area contributed by atoms with Crippen molar-refractivity contribution in [2.75, 3.05) is 6.61 Å². The molecule has 0 saturated heterocycles. The summed E-state index contributed by atoms with van der Waals surface area (Å²) in [6.45, 7) is 7.50. The van der Waals surface area contributed by atoms with Crippen molar-refractivity contribution in [2.24, 2.45) is 0 Å². The van der Waals surface area contributed by atoms with Gasteiger partial charge in [-0.3, -0.25) is 0 Å². The highest BCUT2D eigenvalue weighted by atomic mass is 16.2. The van der Waals surface area contributed by atoms with Gasteiger partial charge in [0.1, 0.15) is 0 Å². The van der Waals surface area contributed by atoms with Crippen LogP contribution >= 0.6 is 0 Å². The Hall–Kier alpha value is -0.300. The molecule has 1 N–H and O–H groups in total. The van der Waals surface area contributed by atoms with Gasteiger partial charge in [0.25, 0.3) is 0 Å². The Morgan fingerprint density at radius 2 is 1.75 bits per heavy atom. The zero-order valence-corrected chi connectivity index (χ0v) is 5.15. The Labute approximate surface area is 53.0 Å². The molecule has 0 saturated carbocycles. The predicted molar refractivity (Wildman–Crippen MR) is 40.0 cm³/mol. The summed E-state index contributed by atoms with van der Waals surface area (Å²) in [7, 11) is 0. The fourth-order valence-electron chi connectivity index (χ4n) is 0. The van der Waals surface area contributed by atoms with Gasteiger partial charge in [-0.1, -0.05) is 20.4 Å². The molecule has 0 aromatic rings. The Bertz CT molecular complexity index is 23.6. The lowest BCUT2D eigenvalue weighted by Gasteiger charge is -1.69. The van der Waals surface area contributed by atoms with Gasteiger partial charge < -0.3 is 5.11 Å². The molecule has 0 rings (SSSR count). The van der Waals surface area contributed by atoms with Gasteiger partial charge in [0.2, 0.25) is 0 Å². The molecular weight excluding hydrogens is 100 g/mol. The first-order chi connectivity index (χ1) is 3.33. The number of hydrogen-bond acceptors (Lipinski definition) is 1. The van der Waals surface area contributed by atoms with Crippen LogP contribution in [0.2, 0.25) is 0 Å². The first kappa shape index (κ1) is 15.6. The first-order valence-electron chi connectivity index (χ1n) is 2.51. The van der Waals surface area contributed by atoms with Gasteiger partial charge in [-0.05, 0) is 13.3 Å². The molecule has 0 aliphatic carbocycles. The molecule has 0 aliphatic rings. The van der Waals surface area contributed by atoms with Crippen LogP contribution in [0, 0.1) is 0 Å². The number of rotatable bonds is 1. The zero-order chi connectivity index (χ0) is 6.12. The average molecular weight is 118 g/mol. The van der Waals surface area contributed by atoms with Crippen LogP contribution in [-0.2, 0) is 0 Å². The second-order valence-electron chi connectivity index (χ2n) is 1.13. The fourth-order valence-corrected chi connectivity index (χ4v) is 0. The summed E-state index contributed by atoms with van der Waals surface area (Å²) < 4.78 is 0. The second kappa shape index (κ2) is 29.9. The van der Waals surface area contributed by atoms with Crippen molar-refractivity contribution in [3.05, 3.63) is 12.7 Å². The van der Waals surface area contributed by atoms with Crippen molar-refractivity contribution in [2.45, 2.75) is 27.7 Å². The third-order valence-electron chi connectivity index (χ3n) is 0.224. The molecule has 0 amide bonds. The molecule has 0 bridgehead atoms. The molecule has 1 heteroatoms. The van der Waals surface area contributed by atoms with E-state index in [9.17, 15) is 0 Å². The zero-order valence-electron chi connectivity index (χ0n) is 5.15. The van der Waals surface area contributed by atoms with E-state index in [4.69, 9.17) is 5.11 Å². The molecule has 0 aromatic carbocycles. The second-order valence-corrected chi connectivity index (χ2v) is 1.13. The molecule has 52 valence electrons. The first-order valence-corrected chi connectivity index (χ1v) is 2.51. The van der Waals surface area contributed by atoms with Gasteiger partial charge in [0.05, 0.1) is 0 Å². The molecule has 0 radical (unpaired) electrons. The third kappa shape index (κ3) is 257. The summed E-state index contributed by atoms with van der Waals surface area (Å²) in [5.74, 6) is 0. The molecule has 1 nitrogen and oxygen atoms in total. The standard InChI is InChI=1S/C3H8O.C3H6.CH4/c1-2-3-4;1-3-2;/h4H,2-3H2,1H3;3H,1H2,2H3;1H4. The Morgan fingerprint density at radius 1 is 1.62 bits per heavy atom. The van der Waals surface area contributed by atoms with Crippen molar-refractivity contribution < 1.29 is 5.11 Å². The van der Waals surface area contributed by atoms with Gasteiger partial charge in [-0.15, -0.1) is 6.58 Å². The fraction of sp³-hybridized carbons (Fsp3) is 0.714. The Morgan fingerprint density at radius 3 is 1.75 bits per heavy atom. The van der Waals surface area contributed by atoms with E-state index in [0.29, 0.717) is 6.61 Å². The van der Waals surface area contributed by atoms with Crippen molar-refractivity contribution in [1.82, 2.24) is 0 Å². The van der Waals surface area contributed by atoms with E-state index in [0.717, 1.165) is 6.42 Å². The maximum absolute atomic E-state index is 7.88. The highest BCUT2D eigenvalue weighted by Gasteiger charge is 1.57. The van der Waals surface area contributed by atoms with Crippen LogP contribution in [0.5, 0.6) is 0 Å². The van der Waals surface area contributed by atoms with Crippen molar-refractivity contribution in [1.29, 1.82) is 0 Å². The van der Waals surface area contributed by atoms with Gasteiger partial charge in [0.15, 0.2) is 0 Å². The molecule has 0 heterocycles. The monoisotopic (exact) mass is 118 g/mol. The summed E-state index contributed by atoms with van der Waals surface area (Å²) in [5.41, 5.74) is 0. The maximum atomic E-state index is 7.88. The van der Waals surface area contributed by atoms with Gasteiger partial charge >= 0.3 is 0 Å². The van der Waals surface area contributed by atoms with E-state index in [1.165, 1.54) is 0 Å². The largest absolute Gasteiger partial charge is 0.396 e. The molecule has 0 spiro atoms. The van der Waals surface area contributed by atoms with Crippen molar-refractivity contribution in [3.8, 4) is 0 Å². The van der Waals surface area contributed by atoms with Crippen LogP contribution in [0.4, 0.5) is 0 Å². The SMILES string of the molecule is C.C=CC.CCCO. The van der Waals surface area contributed by atoms with E-state index in [2.05, 4.69) is 6.58 Å². The molecule has 0 aliphatic heterocycles. The lowest BCUT2D eigenvalue weighted by atomic mass is 10.5. The smallest absolute Gasteiger partial charge is 0.0428 e. The molecule has 0 unspecified atom stereocenters. The lowest BCUT2D eigenvalue weighted by Crippen LogP contribution is -1.69. The third-order valence-corrected chi connectivity index (χ3v) is 0.224. The number of aliphatic hydroxyl groups excluding tert-OH is 1.